The highest BCUT2D eigenvalue weighted by Gasteiger charge is 2.21. The number of pyridine rings is 1. The van der Waals surface area contributed by atoms with E-state index in [9.17, 15) is 10.1 Å². The number of piperidine rings is 1. The molecule has 110 valence electrons. The molecule has 2 rings (SSSR count). The molecule has 1 aromatic rings. The number of rotatable bonds is 5. The minimum atomic E-state index is -0.357. The lowest BCUT2D eigenvalue weighted by molar-refractivity contribution is -0.384. The van der Waals surface area contributed by atoms with Gasteiger partial charge in [-0.1, -0.05) is 6.92 Å². The van der Waals surface area contributed by atoms with Gasteiger partial charge in [0.05, 0.1) is 4.92 Å². The number of nitrogens with zero attached hydrogens (tertiary/aromatic N) is 3. The van der Waals surface area contributed by atoms with Crippen LogP contribution < -0.4 is 5.32 Å². The molecule has 6 heteroatoms. The van der Waals surface area contributed by atoms with E-state index in [1.807, 2.05) is 0 Å². The van der Waals surface area contributed by atoms with Crippen molar-refractivity contribution >= 4 is 11.5 Å². The van der Waals surface area contributed by atoms with Crippen molar-refractivity contribution in [2.24, 2.45) is 5.92 Å². The molecule has 1 aliphatic heterocycles. The Labute approximate surface area is 119 Å². The van der Waals surface area contributed by atoms with E-state index < -0.39 is 0 Å². The molecule has 0 aliphatic carbocycles. The fraction of sp³-hybridized carbons (Fsp3) is 0.643. The zero-order valence-corrected chi connectivity index (χ0v) is 12.1. The van der Waals surface area contributed by atoms with Gasteiger partial charge in [0.15, 0.2) is 0 Å². The Hall–Kier alpha value is -1.69. The second-order valence-electron chi connectivity index (χ2n) is 5.34. The fourth-order valence-electron chi connectivity index (χ4n) is 2.66. The van der Waals surface area contributed by atoms with Crippen LogP contribution in [0.1, 0.15) is 25.3 Å². The number of nitrogens with one attached hydrogen (secondary N) is 1. The molecule has 2 heterocycles. The Morgan fingerprint density at radius 2 is 2.20 bits per heavy atom. The van der Waals surface area contributed by atoms with Crippen LogP contribution in [0.3, 0.4) is 0 Å². The Morgan fingerprint density at radius 1 is 1.50 bits per heavy atom. The molecule has 0 unspecified atom stereocenters. The van der Waals surface area contributed by atoms with Crippen molar-refractivity contribution in [3.8, 4) is 0 Å². The van der Waals surface area contributed by atoms with Gasteiger partial charge in [0.25, 0.3) is 0 Å². The molecule has 1 aromatic heterocycles. The maximum absolute atomic E-state index is 11.1. The Kier molecular flexibility index (Phi) is 4.89. The molecule has 0 aromatic carbocycles. The first kappa shape index (κ1) is 14.7. The molecule has 1 aliphatic rings. The van der Waals surface area contributed by atoms with Crippen LogP contribution in [0.5, 0.6) is 0 Å². The summed E-state index contributed by atoms with van der Waals surface area (Å²) in [5.41, 5.74) is 0.742. The summed E-state index contributed by atoms with van der Waals surface area (Å²) in [5, 5.41) is 14.3. The quantitative estimate of drug-likeness (QED) is 0.661. The van der Waals surface area contributed by atoms with Crippen molar-refractivity contribution in [1.82, 2.24) is 9.88 Å². The van der Waals surface area contributed by atoms with Gasteiger partial charge in [0.2, 0.25) is 5.82 Å². The maximum Gasteiger partial charge on any atom is 0.314 e. The normalized spacial score (nSPS) is 17.1. The fourth-order valence-corrected chi connectivity index (χ4v) is 2.66. The van der Waals surface area contributed by atoms with Crippen LogP contribution >= 0.6 is 0 Å². The van der Waals surface area contributed by atoms with Crippen LogP contribution in [0.4, 0.5) is 11.5 Å². The smallest absolute Gasteiger partial charge is 0.314 e. The van der Waals surface area contributed by atoms with Gasteiger partial charge < -0.3 is 10.2 Å². The van der Waals surface area contributed by atoms with Crippen molar-refractivity contribution in [2.75, 3.05) is 31.5 Å². The molecule has 0 saturated carbocycles. The first-order chi connectivity index (χ1) is 9.61. The third kappa shape index (κ3) is 3.45. The monoisotopic (exact) mass is 278 g/mol. The van der Waals surface area contributed by atoms with E-state index in [1.165, 1.54) is 0 Å². The third-order valence-electron chi connectivity index (χ3n) is 4.02. The van der Waals surface area contributed by atoms with Crippen molar-refractivity contribution in [2.45, 2.75) is 26.7 Å². The SMILES string of the molecule is CCN1CCC(CNc2nccc(C)c2[N+](=O)[O-])CC1. The molecular formula is C14H22N4O2. The largest absolute Gasteiger partial charge is 0.364 e. The average Bonchev–Trinajstić information content (AvgIpc) is 2.45. The van der Waals surface area contributed by atoms with E-state index in [4.69, 9.17) is 0 Å². The van der Waals surface area contributed by atoms with Crippen molar-refractivity contribution in [1.29, 1.82) is 0 Å². The molecule has 0 amide bonds. The van der Waals surface area contributed by atoms with Gasteiger partial charge in [-0.3, -0.25) is 10.1 Å². The van der Waals surface area contributed by atoms with Gasteiger partial charge in [-0.05, 0) is 51.4 Å². The molecule has 0 bridgehead atoms. The van der Waals surface area contributed by atoms with Gasteiger partial charge in [0.1, 0.15) is 0 Å². The Bertz CT molecular complexity index is 470. The highest BCUT2D eigenvalue weighted by Crippen LogP contribution is 2.26. The summed E-state index contributed by atoms with van der Waals surface area (Å²) in [4.78, 5) is 17.3. The first-order valence-electron chi connectivity index (χ1n) is 7.18. The Balaban J connectivity index is 1.95. The van der Waals surface area contributed by atoms with E-state index in [-0.39, 0.29) is 10.6 Å². The summed E-state index contributed by atoms with van der Waals surface area (Å²) in [5.74, 6) is 0.965. The number of anilines is 1. The first-order valence-corrected chi connectivity index (χ1v) is 7.18. The van der Waals surface area contributed by atoms with Crippen molar-refractivity contribution in [3.63, 3.8) is 0 Å². The van der Waals surface area contributed by atoms with Crippen LogP contribution in [-0.4, -0.2) is 41.0 Å². The summed E-state index contributed by atoms with van der Waals surface area (Å²) in [7, 11) is 0. The average molecular weight is 278 g/mol. The van der Waals surface area contributed by atoms with E-state index in [0.29, 0.717) is 17.3 Å². The number of likely N-dealkylation sites (tertiary alicyclic amines) is 1. The number of hydrogen-bond donors (Lipinski definition) is 1. The zero-order chi connectivity index (χ0) is 14.5. The lowest BCUT2D eigenvalue weighted by Gasteiger charge is -2.31. The number of aryl methyl sites for hydroxylation is 1. The van der Waals surface area contributed by atoms with Gasteiger partial charge in [-0.15, -0.1) is 0 Å². The van der Waals surface area contributed by atoms with E-state index >= 15 is 0 Å². The highest BCUT2D eigenvalue weighted by atomic mass is 16.6. The summed E-state index contributed by atoms with van der Waals surface area (Å²) in [6.45, 7) is 8.02. The third-order valence-corrected chi connectivity index (χ3v) is 4.02. The molecule has 0 spiro atoms. The maximum atomic E-state index is 11.1. The van der Waals surface area contributed by atoms with Crippen LogP contribution in [0.2, 0.25) is 0 Å². The summed E-state index contributed by atoms with van der Waals surface area (Å²) >= 11 is 0. The predicted octanol–water partition coefficient (Wildman–Crippen LogP) is 2.44. The van der Waals surface area contributed by atoms with Gasteiger partial charge >= 0.3 is 5.69 Å². The summed E-state index contributed by atoms with van der Waals surface area (Å²) in [6, 6.07) is 1.67. The molecule has 1 fully saturated rings. The van der Waals surface area contributed by atoms with Crippen LogP contribution in [0, 0.1) is 23.0 Å². The second kappa shape index (κ2) is 6.65. The van der Waals surface area contributed by atoms with Crippen LogP contribution in [-0.2, 0) is 0 Å². The summed E-state index contributed by atoms with van der Waals surface area (Å²) < 4.78 is 0. The molecule has 1 N–H and O–H groups in total. The minimum absolute atomic E-state index is 0.0958. The van der Waals surface area contributed by atoms with E-state index in [1.54, 1.807) is 19.2 Å². The van der Waals surface area contributed by atoms with Gasteiger partial charge in [0, 0.05) is 18.3 Å². The highest BCUT2D eigenvalue weighted by molar-refractivity contribution is 5.59. The van der Waals surface area contributed by atoms with E-state index in [2.05, 4.69) is 22.1 Å². The second-order valence-corrected chi connectivity index (χ2v) is 5.34. The lowest BCUT2D eigenvalue weighted by atomic mass is 9.97. The molecule has 20 heavy (non-hydrogen) atoms. The minimum Gasteiger partial charge on any atom is -0.364 e. The standard InChI is InChI=1S/C14H22N4O2/c1-3-17-8-5-12(6-9-17)10-16-14-13(18(19)20)11(2)4-7-15-14/h4,7,12H,3,5-6,8-10H2,1-2H3,(H,15,16). The van der Waals surface area contributed by atoms with Crippen LogP contribution in [0.25, 0.3) is 0 Å². The molecule has 1 saturated heterocycles. The van der Waals surface area contributed by atoms with Crippen molar-refractivity contribution in [3.05, 3.63) is 27.9 Å². The Morgan fingerprint density at radius 3 is 2.80 bits per heavy atom. The van der Waals surface area contributed by atoms with E-state index in [0.717, 1.165) is 39.0 Å². The van der Waals surface area contributed by atoms with Gasteiger partial charge in [-0.2, -0.15) is 0 Å². The lowest BCUT2D eigenvalue weighted by Crippen LogP contribution is -2.35. The number of hydrogen-bond acceptors (Lipinski definition) is 5. The molecule has 0 radical (unpaired) electrons. The number of aromatic nitrogens is 1. The predicted molar refractivity (Wildman–Crippen MR) is 79.0 cm³/mol. The number of nitro groups is 1. The van der Waals surface area contributed by atoms with Gasteiger partial charge in [-0.25, -0.2) is 4.98 Å². The summed E-state index contributed by atoms with van der Waals surface area (Å²) in [6.07, 6.45) is 3.89. The molecule has 0 atom stereocenters. The van der Waals surface area contributed by atoms with Crippen molar-refractivity contribution < 1.29 is 4.92 Å². The molecule has 6 nitrogen and oxygen atoms in total. The topological polar surface area (TPSA) is 71.3 Å². The molecular weight excluding hydrogens is 256 g/mol. The zero-order valence-electron chi connectivity index (χ0n) is 12.1. The van der Waals surface area contributed by atoms with Crippen LogP contribution in [0.15, 0.2) is 12.3 Å².